The lowest BCUT2D eigenvalue weighted by Crippen LogP contribution is -2.60. The number of amides is 6. The number of hydrogen-bond donors (Lipinski definition) is 3. The van der Waals surface area contributed by atoms with Gasteiger partial charge in [0.05, 0.1) is 0 Å². The number of nitrogens with zero attached hydrogens (tertiary/aromatic N) is 3. The molecule has 3 aliphatic heterocycles. The van der Waals surface area contributed by atoms with Crippen molar-refractivity contribution >= 4 is 41.4 Å². The van der Waals surface area contributed by atoms with Crippen molar-refractivity contribution in [2.45, 2.75) is 95.0 Å². The summed E-state index contributed by atoms with van der Waals surface area (Å²) in [4.78, 5) is 97.8. The first-order valence-corrected chi connectivity index (χ1v) is 16.7. The number of halogens is 2. The highest BCUT2D eigenvalue weighted by molar-refractivity contribution is 5.97. The smallest absolute Gasteiger partial charge is 0.328 e. The van der Waals surface area contributed by atoms with Crippen molar-refractivity contribution in [2.75, 3.05) is 26.7 Å². The van der Waals surface area contributed by atoms with Crippen LogP contribution in [0.1, 0.15) is 57.9 Å². The van der Waals surface area contributed by atoms with Gasteiger partial charge in [0.1, 0.15) is 54.5 Å². The van der Waals surface area contributed by atoms with Crippen LogP contribution in [0, 0.1) is 11.6 Å². The number of nitrogens with one attached hydrogen (secondary N) is 3. The van der Waals surface area contributed by atoms with Crippen LogP contribution < -0.4 is 16.0 Å². The lowest BCUT2D eigenvalue weighted by molar-refractivity contribution is -0.158. The molecule has 0 spiro atoms. The highest BCUT2D eigenvalue weighted by atomic mass is 19.1. The van der Waals surface area contributed by atoms with Crippen LogP contribution in [0.15, 0.2) is 30.9 Å². The molecule has 14 nitrogen and oxygen atoms in total. The maximum atomic E-state index is 14.1. The minimum atomic E-state index is -1.56. The number of cyclic esters (lactones) is 1. The van der Waals surface area contributed by atoms with Crippen LogP contribution in [0.5, 0.6) is 0 Å². The Labute approximate surface area is 288 Å². The van der Waals surface area contributed by atoms with Gasteiger partial charge in [-0.2, -0.15) is 0 Å². The molecule has 3 N–H and O–H groups in total. The Morgan fingerprint density at radius 3 is 2.24 bits per heavy atom. The zero-order valence-corrected chi connectivity index (χ0v) is 28.4. The molecule has 1 aromatic carbocycles. The topological polar surface area (TPSA) is 175 Å². The fourth-order valence-corrected chi connectivity index (χ4v) is 6.39. The summed E-state index contributed by atoms with van der Waals surface area (Å²) < 4.78 is 33.6. The van der Waals surface area contributed by atoms with E-state index >= 15 is 0 Å². The fraction of sp³-hybridized carbons (Fsp3) is 0.559. The summed E-state index contributed by atoms with van der Waals surface area (Å²) in [7, 11) is 1.41. The molecule has 272 valence electrons. The van der Waals surface area contributed by atoms with E-state index in [1.54, 1.807) is 0 Å². The minimum Gasteiger partial charge on any atom is -0.461 e. The van der Waals surface area contributed by atoms with E-state index in [2.05, 4.69) is 22.5 Å². The molecular weight excluding hydrogens is 658 g/mol. The second-order valence-electron chi connectivity index (χ2n) is 12.9. The Morgan fingerprint density at radius 1 is 0.980 bits per heavy atom. The highest BCUT2D eigenvalue weighted by Gasteiger charge is 2.43. The monoisotopic (exact) mass is 702 g/mol. The number of rotatable bonds is 8. The molecule has 3 heterocycles. The number of allylic oxidation sites excluding steroid dienone is 1. The zero-order valence-electron chi connectivity index (χ0n) is 28.4. The van der Waals surface area contributed by atoms with E-state index in [9.17, 15) is 42.3 Å². The minimum absolute atomic E-state index is 0.0402. The molecule has 0 bridgehead atoms. The molecule has 0 aliphatic carbocycles. The van der Waals surface area contributed by atoms with E-state index < -0.39 is 95.9 Å². The van der Waals surface area contributed by atoms with Gasteiger partial charge in [0.25, 0.3) is 0 Å². The van der Waals surface area contributed by atoms with Crippen molar-refractivity contribution in [2.24, 2.45) is 0 Å². The Hall–Kier alpha value is -4.89. The lowest BCUT2D eigenvalue weighted by atomic mass is 10.0. The molecular formula is C34H44F2N6O8. The maximum absolute atomic E-state index is 14.1. The van der Waals surface area contributed by atoms with Gasteiger partial charge in [-0.3, -0.25) is 28.8 Å². The number of carbonyl (C=O) groups excluding carboxylic acids is 7. The van der Waals surface area contributed by atoms with Gasteiger partial charge >= 0.3 is 5.97 Å². The van der Waals surface area contributed by atoms with Crippen LogP contribution in [-0.4, -0.2) is 119 Å². The van der Waals surface area contributed by atoms with Crippen molar-refractivity contribution in [3.8, 4) is 0 Å². The largest absolute Gasteiger partial charge is 0.461 e. The first kappa shape index (κ1) is 37.9. The standard InChI is InChI=1S/C34H44F2N6O8/c1-5-6-11-28(43)38-24(16-21-14-22(35)17-23(36)15-21)30(45)39-25-18-50-34(49)27-10-8-13-42(27)31(46)19(2)37-29(44)20(3)40(4)33(48)26-9-7-12-41(26)32(25)47/h5,14-15,17,19-20,24-27H,1,6-13,16,18H2,2-4H3,(H,37,44)(H,38,43)(H,39,45)/t19-,20-,24-,25-,26-,27-/m0/s1. The molecule has 3 saturated heterocycles. The summed E-state index contributed by atoms with van der Waals surface area (Å²) in [5, 5.41) is 7.69. The third-order valence-corrected chi connectivity index (χ3v) is 9.26. The van der Waals surface area contributed by atoms with Gasteiger partial charge in [-0.25, -0.2) is 13.6 Å². The van der Waals surface area contributed by atoms with E-state index in [0.29, 0.717) is 18.9 Å². The SMILES string of the molecule is C=CCCC(=O)N[C@@H](Cc1cc(F)cc(F)c1)C(=O)N[C@H]1COC(=O)[C@@H]2CCCN2C(=O)[C@H](C)NC(=O)[C@H](C)N(C)C(=O)[C@@H]2CCCN2C1=O. The first-order chi connectivity index (χ1) is 23.7. The quantitative estimate of drug-likeness (QED) is 0.257. The molecule has 6 amide bonds. The predicted molar refractivity (Wildman–Crippen MR) is 174 cm³/mol. The normalized spacial score (nSPS) is 25.7. The van der Waals surface area contributed by atoms with Gasteiger partial charge in [0.2, 0.25) is 35.4 Å². The van der Waals surface area contributed by atoms with E-state index in [1.165, 1.54) is 41.7 Å². The molecule has 3 fully saturated rings. The molecule has 3 aliphatic rings. The molecule has 0 aromatic heterocycles. The number of fused-ring (bicyclic) bond motifs is 2. The summed E-state index contributed by atoms with van der Waals surface area (Å²) in [6.07, 6.45) is 2.80. The van der Waals surface area contributed by atoms with Crippen LogP contribution in [0.25, 0.3) is 0 Å². The van der Waals surface area contributed by atoms with Gasteiger partial charge in [0.15, 0.2) is 0 Å². The lowest BCUT2D eigenvalue weighted by Gasteiger charge is -2.34. The van der Waals surface area contributed by atoms with Crippen LogP contribution in [0.2, 0.25) is 0 Å². The fourth-order valence-electron chi connectivity index (χ4n) is 6.39. The number of hydrogen-bond acceptors (Lipinski definition) is 8. The Kier molecular flexibility index (Phi) is 12.6. The summed E-state index contributed by atoms with van der Waals surface area (Å²) in [6, 6.07) is -4.36. The molecule has 1 aromatic rings. The van der Waals surface area contributed by atoms with E-state index in [4.69, 9.17) is 4.74 Å². The molecule has 4 rings (SSSR count). The van der Waals surface area contributed by atoms with Crippen LogP contribution in [0.3, 0.4) is 0 Å². The number of carbonyl (C=O) groups is 7. The van der Waals surface area contributed by atoms with Crippen molar-refractivity contribution in [3.05, 3.63) is 48.1 Å². The third-order valence-electron chi connectivity index (χ3n) is 9.26. The first-order valence-electron chi connectivity index (χ1n) is 16.7. The molecule has 50 heavy (non-hydrogen) atoms. The maximum Gasteiger partial charge on any atom is 0.328 e. The summed E-state index contributed by atoms with van der Waals surface area (Å²) in [6.45, 7) is 6.20. The average molecular weight is 703 g/mol. The second-order valence-corrected chi connectivity index (χ2v) is 12.9. The van der Waals surface area contributed by atoms with E-state index in [0.717, 1.165) is 12.1 Å². The van der Waals surface area contributed by atoms with Crippen molar-refractivity contribution in [1.29, 1.82) is 0 Å². The van der Waals surface area contributed by atoms with Crippen LogP contribution in [0.4, 0.5) is 8.78 Å². The van der Waals surface area contributed by atoms with Gasteiger partial charge in [-0.05, 0) is 63.6 Å². The number of likely N-dealkylation sites (N-methyl/N-ethyl adjacent to an activating group) is 1. The number of esters is 1. The van der Waals surface area contributed by atoms with E-state index in [1.807, 2.05) is 0 Å². The van der Waals surface area contributed by atoms with Gasteiger partial charge in [-0.15, -0.1) is 6.58 Å². The van der Waals surface area contributed by atoms with Gasteiger partial charge < -0.3 is 35.4 Å². The van der Waals surface area contributed by atoms with Crippen molar-refractivity contribution < 1.29 is 47.1 Å². The summed E-state index contributed by atoms with van der Waals surface area (Å²) >= 11 is 0. The molecule has 0 radical (unpaired) electrons. The number of ether oxygens (including phenoxy) is 1. The third kappa shape index (κ3) is 9.01. The Bertz CT molecular complexity index is 1500. The highest BCUT2D eigenvalue weighted by Crippen LogP contribution is 2.23. The molecule has 0 saturated carbocycles. The Morgan fingerprint density at radius 2 is 1.60 bits per heavy atom. The van der Waals surface area contributed by atoms with Gasteiger partial charge in [0, 0.05) is 39.0 Å². The van der Waals surface area contributed by atoms with Crippen LogP contribution in [-0.2, 0) is 44.7 Å². The van der Waals surface area contributed by atoms with Crippen molar-refractivity contribution in [3.63, 3.8) is 0 Å². The molecule has 6 atom stereocenters. The zero-order chi connectivity index (χ0) is 36.7. The summed E-state index contributed by atoms with van der Waals surface area (Å²) in [5.74, 6) is -6.55. The summed E-state index contributed by atoms with van der Waals surface area (Å²) in [5.41, 5.74) is 0.0500. The molecule has 0 unspecified atom stereocenters. The second kappa shape index (κ2) is 16.7. The number of benzene rings is 1. The molecule has 16 heteroatoms. The van der Waals surface area contributed by atoms with Crippen molar-refractivity contribution in [1.82, 2.24) is 30.7 Å². The average Bonchev–Trinajstić information content (AvgIpc) is 3.77. The van der Waals surface area contributed by atoms with E-state index in [-0.39, 0.29) is 50.8 Å². The van der Waals surface area contributed by atoms with Gasteiger partial charge in [-0.1, -0.05) is 6.08 Å². The predicted octanol–water partition coefficient (Wildman–Crippen LogP) is 0.334. The van der Waals surface area contributed by atoms with Crippen LogP contribution >= 0.6 is 0 Å². The Balaban J connectivity index is 1.67.